The van der Waals surface area contributed by atoms with E-state index in [1.807, 2.05) is 58.3 Å². The van der Waals surface area contributed by atoms with Crippen molar-refractivity contribution in [3.63, 3.8) is 0 Å². The quantitative estimate of drug-likeness (QED) is 0.299. The lowest BCUT2D eigenvalue weighted by Gasteiger charge is -2.35. The third kappa shape index (κ3) is 3.80. The van der Waals surface area contributed by atoms with Crippen molar-refractivity contribution in [2.24, 2.45) is 0 Å². The molecular formula is C32H26N2O4. The van der Waals surface area contributed by atoms with Gasteiger partial charge in [-0.15, -0.1) is 0 Å². The van der Waals surface area contributed by atoms with Crippen molar-refractivity contribution in [2.75, 3.05) is 26.2 Å². The molecule has 0 N–H and O–H groups in total. The van der Waals surface area contributed by atoms with Gasteiger partial charge in [0.2, 0.25) is 11.8 Å². The number of hydrogen-bond donors (Lipinski definition) is 0. The molecule has 2 amide bonds. The van der Waals surface area contributed by atoms with E-state index in [0.717, 1.165) is 54.6 Å². The lowest BCUT2D eigenvalue weighted by atomic mass is 10.0. The van der Waals surface area contributed by atoms with E-state index < -0.39 is 0 Å². The normalized spacial score (nSPS) is 14.2. The van der Waals surface area contributed by atoms with E-state index in [4.69, 9.17) is 8.83 Å². The average Bonchev–Trinajstić information content (AvgIpc) is 3.57. The number of piperazine rings is 1. The molecule has 0 saturated carbocycles. The highest BCUT2D eigenvalue weighted by atomic mass is 16.3. The number of carbonyl (C=O) groups is 2. The minimum Gasteiger partial charge on any atom is -0.464 e. The Hall–Kier alpha value is -4.58. The number of carbonyl (C=O) groups excluding carboxylic acids is 2. The zero-order valence-electron chi connectivity index (χ0n) is 20.9. The van der Waals surface area contributed by atoms with Crippen LogP contribution in [0.3, 0.4) is 0 Å². The first-order valence-corrected chi connectivity index (χ1v) is 13.0. The van der Waals surface area contributed by atoms with Crippen LogP contribution in [0.5, 0.6) is 0 Å². The smallest absolute Gasteiger partial charge is 0.227 e. The fourth-order valence-corrected chi connectivity index (χ4v) is 5.76. The van der Waals surface area contributed by atoms with E-state index in [2.05, 4.69) is 24.3 Å². The summed E-state index contributed by atoms with van der Waals surface area (Å²) in [4.78, 5) is 30.1. The maximum Gasteiger partial charge on any atom is 0.227 e. The van der Waals surface area contributed by atoms with Crippen molar-refractivity contribution in [3.8, 4) is 0 Å². The lowest BCUT2D eigenvalue weighted by molar-refractivity contribution is -0.138. The molecular weight excluding hydrogens is 476 g/mol. The number of hydrogen-bond acceptors (Lipinski definition) is 4. The first-order valence-electron chi connectivity index (χ1n) is 13.0. The number of benzene rings is 4. The highest BCUT2D eigenvalue weighted by Crippen LogP contribution is 2.32. The molecule has 6 heteroatoms. The van der Waals surface area contributed by atoms with Crippen LogP contribution in [-0.4, -0.2) is 47.8 Å². The topological polar surface area (TPSA) is 66.9 Å². The van der Waals surface area contributed by atoms with Gasteiger partial charge >= 0.3 is 0 Å². The maximum absolute atomic E-state index is 13.2. The van der Waals surface area contributed by atoms with Gasteiger partial charge in [0, 0.05) is 48.1 Å². The van der Waals surface area contributed by atoms with Crippen LogP contribution in [-0.2, 0) is 22.4 Å². The minimum atomic E-state index is 0.0556. The fraction of sp³-hybridized carbons (Fsp3) is 0.188. The largest absolute Gasteiger partial charge is 0.464 e. The number of amides is 2. The van der Waals surface area contributed by atoms with Gasteiger partial charge in [-0.1, -0.05) is 60.7 Å². The fourth-order valence-electron chi connectivity index (χ4n) is 5.76. The molecule has 6 aromatic rings. The third-order valence-corrected chi connectivity index (χ3v) is 7.75. The molecule has 7 rings (SSSR count). The summed E-state index contributed by atoms with van der Waals surface area (Å²) in [6.07, 6.45) is 3.97. The summed E-state index contributed by atoms with van der Waals surface area (Å²) >= 11 is 0. The van der Waals surface area contributed by atoms with Gasteiger partial charge in [-0.2, -0.15) is 0 Å². The molecule has 4 aromatic carbocycles. The summed E-state index contributed by atoms with van der Waals surface area (Å²) in [5.41, 5.74) is 3.39. The van der Waals surface area contributed by atoms with Crippen LogP contribution in [0.2, 0.25) is 0 Å². The Morgan fingerprint density at radius 1 is 0.579 bits per heavy atom. The highest BCUT2D eigenvalue weighted by Gasteiger charge is 2.26. The van der Waals surface area contributed by atoms with Gasteiger partial charge in [0.1, 0.15) is 11.2 Å². The van der Waals surface area contributed by atoms with E-state index in [-0.39, 0.29) is 24.7 Å². The predicted molar refractivity (Wildman–Crippen MR) is 148 cm³/mol. The molecule has 1 fully saturated rings. The van der Waals surface area contributed by atoms with Crippen molar-refractivity contribution in [1.29, 1.82) is 0 Å². The summed E-state index contributed by atoms with van der Waals surface area (Å²) < 4.78 is 11.5. The molecule has 0 aliphatic carbocycles. The first-order chi connectivity index (χ1) is 18.7. The van der Waals surface area contributed by atoms with Crippen LogP contribution in [0, 0.1) is 0 Å². The van der Waals surface area contributed by atoms with Crippen molar-refractivity contribution in [3.05, 3.63) is 96.4 Å². The van der Waals surface area contributed by atoms with E-state index in [1.54, 1.807) is 12.5 Å². The highest BCUT2D eigenvalue weighted by molar-refractivity contribution is 6.09. The molecule has 2 aromatic heterocycles. The second-order valence-electron chi connectivity index (χ2n) is 9.96. The Kier molecular flexibility index (Phi) is 5.39. The molecule has 0 bridgehead atoms. The van der Waals surface area contributed by atoms with Gasteiger partial charge in [-0.3, -0.25) is 9.59 Å². The van der Waals surface area contributed by atoms with Crippen molar-refractivity contribution >= 4 is 55.3 Å². The monoisotopic (exact) mass is 502 g/mol. The summed E-state index contributed by atoms with van der Waals surface area (Å²) in [6.45, 7) is 2.10. The number of nitrogens with zero attached hydrogens (tertiary/aromatic N) is 2. The standard InChI is InChI=1S/C32H26N2O4/c35-29(17-23-19-37-27-11-9-21-5-1-3-7-25(21)31(23)27)33-13-15-34(16-14-33)30(36)18-24-20-38-28-12-10-22-6-2-4-8-26(22)32(24)28/h1-12,19-20H,13-18H2. The SMILES string of the molecule is O=C(Cc1coc2ccc3ccccc3c12)N1CCN(C(=O)Cc2coc3ccc4ccccc4c23)CC1. The Labute approximate surface area is 219 Å². The molecule has 0 spiro atoms. The van der Waals surface area contributed by atoms with Crippen LogP contribution in [0.1, 0.15) is 11.1 Å². The van der Waals surface area contributed by atoms with Crippen LogP contribution >= 0.6 is 0 Å². The molecule has 0 unspecified atom stereocenters. The van der Waals surface area contributed by atoms with Crippen LogP contribution in [0.4, 0.5) is 0 Å². The van der Waals surface area contributed by atoms with E-state index in [1.165, 1.54) is 0 Å². The average molecular weight is 503 g/mol. The summed E-state index contributed by atoms with van der Waals surface area (Å²) in [7, 11) is 0. The molecule has 0 atom stereocenters. The number of rotatable bonds is 4. The zero-order chi connectivity index (χ0) is 25.6. The van der Waals surface area contributed by atoms with Gasteiger partial charge < -0.3 is 18.6 Å². The lowest BCUT2D eigenvalue weighted by Crippen LogP contribution is -2.51. The Morgan fingerprint density at radius 2 is 1.00 bits per heavy atom. The second-order valence-corrected chi connectivity index (χ2v) is 9.96. The molecule has 6 nitrogen and oxygen atoms in total. The summed E-state index contributed by atoms with van der Waals surface area (Å²) in [6, 6.07) is 24.3. The molecule has 1 aliphatic rings. The van der Waals surface area contributed by atoms with Gasteiger partial charge in [0.25, 0.3) is 0 Å². The Morgan fingerprint density at radius 3 is 1.45 bits per heavy atom. The number of furan rings is 2. The van der Waals surface area contributed by atoms with Crippen LogP contribution in [0.25, 0.3) is 43.5 Å². The summed E-state index contributed by atoms with van der Waals surface area (Å²) in [5, 5.41) is 6.45. The van der Waals surface area contributed by atoms with E-state index >= 15 is 0 Å². The second kappa shape index (κ2) is 9.06. The molecule has 188 valence electrons. The predicted octanol–water partition coefficient (Wildman–Crippen LogP) is 5.94. The van der Waals surface area contributed by atoms with Crippen molar-refractivity contribution in [2.45, 2.75) is 12.8 Å². The molecule has 1 saturated heterocycles. The van der Waals surface area contributed by atoms with Gasteiger partial charge in [0.05, 0.1) is 25.4 Å². The number of fused-ring (bicyclic) bond motifs is 6. The Bertz CT molecular complexity index is 1700. The Balaban J connectivity index is 1.04. The maximum atomic E-state index is 13.2. The van der Waals surface area contributed by atoms with E-state index in [9.17, 15) is 9.59 Å². The van der Waals surface area contributed by atoms with Gasteiger partial charge in [0.15, 0.2) is 0 Å². The van der Waals surface area contributed by atoms with Crippen LogP contribution in [0.15, 0.2) is 94.2 Å². The van der Waals surface area contributed by atoms with Gasteiger partial charge in [-0.05, 0) is 33.7 Å². The van der Waals surface area contributed by atoms with Crippen molar-refractivity contribution < 1.29 is 18.4 Å². The first kappa shape index (κ1) is 22.6. The molecule has 0 radical (unpaired) electrons. The molecule has 1 aliphatic heterocycles. The molecule has 3 heterocycles. The zero-order valence-corrected chi connectivity index (χ0v) is 20.9. The van der Waals surface area contributed by atoms with Crippen LogP contribution < -0.4 is 0 Å². The third-order valence-electron chi connectivity index (χ3n) is 7.75. The molecule has 38 heavy (non-hydrogen) atoms. The minimum absolute atomic E-state index is 0.0556. The van der Waals surface area contributed by atoms with Gasteiger partial charge in [-0.25, -0.2) is 0 Å². The van der Waals surface area contributed by atoms with Crippen molar-refractivity contribution in [1.82, 2.24) is 9.80 Å². The van der Waals surface area contributed by atoms with E-state index in [0.29, 0.717) is 26.2 Å². The summed E-state index contributed by atoms with van der Waals surface area (Å²) in [5.74, 6) is 0.111.